The SMILES string of the molecule is CC(C)(C)NCCCSCc1ccco1. The molecule has 0 amide bonds. The summed E-state index contributed by atoms with van der Waals surface area (Å²) in [4.78, 5) is 0. The van der Waals surface area contributed by atoms with Crippen LogP contribution in [0.15, 0.2) is 22.8 Å². The Kier molecular flexibility index (Phi) is 5.26. The molecule has 1 N–H and O–H groups in total. The summed E-state index contributed by atoms with van der Waals surface area (Å²) in [7, 11) is 0. The molecule has 0 bridgehead atoms. The van der Waals surface area contributed by atoms with Crippen molar-refractivity contribution in [2.75, 3.05) is 12.3 Å². The van der Waals surface area contributed by atoms with Gasteiger partial charge in [0.15, 0.2) is 0 Å². The third-order valence-electron chi connectivity index (χ3n) is 1.95. The molecule has 0 fully saturated rings. The van der Waals surface area contributed by atoms with Crippen LogP contribution in [0.2, 0.25) is 0 Å². The van der Waals surface area contributed by atoms with Crippen LogP contribution in [-0.4, -0.2) is 17.8 Å². The molecule has 0 spiro atoms. The number of furan rings is 1. The minimum Gasteiger partial charge on any atom is -0.468 e. The molecule has 1 aromatic rings. The van der Waals surface area contributed by atoms with Gasteiger partial charge in [-0.1, -0.05) is 0 Å². The average Bonchev–Trinajstić information content (AvgIpc) is 2.61. The molecule has 0 unspecified atom stereocenters. The van der Waals surface area contributed by atoms with Gasteiger partial charge in [-0.2, -0.15) is 11.8 Å². The molecule has 0 saturated carbocycles. The molecular formula is C12H21NOS. The van der Waals surface area contributed by atoms with E-state index in [1.54, 1.807) is 6.26 Å². The van der Waals surface area contributed by atoms with Crippen molar-refractivity contribution in [3.63, 3.8) is 0 Å². The van der Waals surface area contributed by atoms with Gasteiger partial charge in [0.25, 0.3) is 0 Å². The van der Waals surface area contributed by atoms with Crippen molar-refractivity contribution in [1.82, 2.24) is 5.32 Å². The van der Waals surface area contributed by atoms with Crippen LogP contribution in [0.1, 0.15) is 33.0 Å². The Labute approximate surface area is 96.8 Å². The van der Waals surface area contributed by atoms with Gasteiger partial charge in [-0.05, 0) is 51.6 Å². The highest BCUT2D eigenvalue weighted by Crippen LogP contribution is 2.13. The van der Waals surface area contributed by atoms with E-state index in [1.165, 1.54) is 12.2 Å². The minimum absolute atomic E-state index is 0.242. The largest absolute Gasteiger partial charge is 0.468 e. The highest BCUT2D eigenvalue weighted by Gasteiger charge is 2.06. The number of nitrogens with one attached hydrogen (secondary N) is 1. The Bertz CT molecular complexity index is 251. The normalized spacial score (nSPS) is 11.9. The molecule has 0 saturated heterocycles. The fraction of sp³-hybridized carbons (Fsp3) is 0.667. The van der Waals surface area contributed by atoms with Gasteiger partial charge in [-0.25, -0.2) is 0 Å². The lowest BCUT2D eigenvalue weighted by Crippen LogP contribution is -2.36. The zero-order valence-corrected chi connectivity index (χ0v) is 10.7. The summed E-state index contributed by atoms with van der Waals surface area (Å²) >= 11 is 1.93. The Morgan fingerprint density at radius 2 is 2.20 bits per heavy atom. The lowest BCUT2D eigenvalue weighted by molar-refractivity contribution is 0.427. The lowest BCUT2D eigenvalue weighted by Gasteiger charge is -2.20. The van der Waals surface area contributed by atoms with E-state index in [9.17, 15) is 0 Å². The third-order valence-corrected chi connectivity index (χ3v) is 3.01. The van der Waals surface area contributed by atoms with Crippen LogP contribution in [0.25, 0.3) is 0 Å². The molecule has 0 radical (unpaired) electrons. The van der Waals surface area contributed by atoms with Crippen LogP contribution in [-0.2, 0) is 5.75 Å². The standard InChI is InChI=1S/C12H21NOS/c1-12(2,3)13-7-5-9-15-10-11-6-4-8-14-11/h4,6,8,13H,5,7,9-10H2,1-3H3. The first-order valence-electron chi connectivity index (χ1n) is 5.43. The zero-order valence-electron chi connectivity index (χ0n) is 9.88. The molecule has 15 heavy (non-hydrogen) atoms. The van der Waals surface area contributed by atoms with Gasteiger partial charge in [0.1, 0.15) is 5.76 Å². The van der Waals surface area contributed by atoms with E-state index in [-0.39, 0.29) is 5.54 Å². The molecule has 1 heterocycles. The second kappa shape index (κ2) is 6.23. The van der Waals surface area contributed by atoms with Crippen molar-refractivity contribution in [2.24, 2.45) is 0 Å². The predicted octanol–water partition coefficient (Wildman–Crippen LogP) is 3.29. The van der Waals surface area contributed by atoms with Crippen molar-refractivity contribution in [1.29, 1.82) is 0 Å². The first-order valence-corrected chi connectivity index (χ1v) is 6.58. The minimum atomic E-state index is 0.242. The number of thioether (sulfide) groups is 1. The van der Waals surface area contributed by atoms with Crippen molar-refractivity contribution in [3.8, 4) is 0 Å². The van der Waals surface area contributed by atoms with Crippen molar-refractivity contribution in [3.05, 3.63) is 24.2 Å². The van der Waals surface area contributed by atoms with Crippen LogP contribution >= 0.6 is 11.8 Å². The molecule has 3 heteroatoms. The van der Waals surface area contributed by atoms with E-state index in [2.05, 4.69) is 26.1 Å². The number of rotatable bonds is 6. The van der Waals surface area contributed by atoms with E-state index in [0.29, 0.717) is 0 Å². The number of hydrogen-bond acceptors (Lipinski definition) is 3. The molecule has 86 valence electrons. The fourth-order valence-electron chi connectivity index (χ4n) is 1.21. The Hall–Kier alpha value is -0.410. The third kappa shape index (κ3) is 6.63. The molecular weight excluding hydrogens is 206 g/mol. The number of hydrogen-bond donors (Lipinski definition) is 1. The summed E-state index contributed by atoms with van der Waals surface area (Å²) in [5.74, 6) is 3.25. The first-order chi connectivity index (χ1) is 7.08. The molecule has 0 aliphatic carbocycles. The van der Waals surface area contributed by atoms with E-state index in [4.69, 9.17) is 4.42 Å². The van der Waals surface area contributed by atoms with Crippen LogP contribution in [0.3, 0.4) is 0 Å². The quantitative estimate of drug-likeness (QED) is 0.755. The summed E-state index contributed by atoms with van der Waals surface area (Å²) in [6.07, 6.45) is 2.94. The molecule has 0 aromatic carbocycles. The maximum atomic E-state index is 5.26. The first kappa shape index (κ1) is 12.7. The monoisotopic (exact) mass is 227 g/mol. The molecule has 0 aliphatic heterocycles. The van der Waals surface area contributed by atoms with Gasteiger partial charge in [-0.15, -0.1) is 0 Å². The second-order valence-electron chi connectivity index (χ2n) is 4.66. The smallest absolute Gasteiger partial charge is 0.113 e. The van der Waals surface area contributed by atoms with Crippen LogP contribution in [0, 0.1) is 0 Å². The van der Waals surface area contributed by atoms with E-state index in [0.717, 1.165) is 18.1 Å². The van der Waals surface area contributed by atoms with Crippen LogP contribution in [0.4, 0.5) is 0 Å². The van der Waals surface area contributed by atoms with Crippen LogP contribution in [0.5, 0.6) is 0 Å². The lowest BCUT2D eigenvalue weighted by atomic mass is 10.1. The molecule has 1 rings (SSSR count). The van der Waals surface area contributed by atoms with Crippen molar-refractivity contribution < 1.29 is 4.42 Å². The average molecular weight is 227 g/mol. The second-order valence-corrected chi connectivity index (χ2v) is 5.77. The highest BCUT2D eigenvalue weighted by atomic mass is 32.2. The summed E-state index contributed by atoms with van der Waals surface area (Å²) < 4.78 is 5.26. The molecule has 1 aromatic heterocycles. The van der Waals surface area contributed by atoms with E-state index < -0.39 is 0 Å². The molecule has 0 atom stereocenters. The summed E-state index contributed by atoms with van der Waals surface area (Å²) in [6, 6.07) is 3.97. The van der Waals surface area contributed by atoms with Crippen LogP contribution < -0.4 is 5.32 Å². The fourth-order valence-corrected chi connectivity index (χ4v) is 2.06. The summed E-state index contributed by atoms with van der Waals surface area (Å²) in [5, 5.41) is 3.48. The maximum Gasteiger partial charge on any atom is 0.113 e. The Balaban J connectivity index is 1.94. The van der Waals surface area contributed by atoms with Gasteiger partial charge < -0.3 is 9.73 Å². The van der Waals surface area contributed by atoms with Gasteiger partial charge in [0, 0.05) is 5.54 Å². The summed E-state index contributed by atoms with van der Waals surface area (Å²) in [5.41, 5.74) is 0.242. The van der Waals surface area contributed by atoms with Gasteiger partial charge in [0.05, 0.1) is 12.0 Å². The summed E-state index contributed by atoms with van der Waals surface area (Å²) in [6.45, 7) is 7.68. The maximum absolute atomic E-state index is 5.26. The van der Waals surface area contributed by atoms with E-state index in [1.807, 2.05) is 23.9 Å². The zero-order chi connectivity index (χ0) is 11.1. The van der Waals surface area contributed by atoms with Gasteiger partial charge in [0.2, 0.25) is 0 Å². The topological polar surface area (TPSA) is 25.2 Å². The molecule has 2 nitrogen and oxygen atoms in total. The molecule has 0 aliphatic rings. The van der Waals surface area contributed by atoms with Crippen molar-refractivity contribution in [2.45, 2.75) is 38.5 Å². The van der Waals surface area contributed by atoms with Gasteiger partial charge in [-0.3, -0.25) is 0 Å². The Morgan fingerprint density at radius 1 is 1.40 bits per heavy atom. The van der Waals surface area contributed by atoms with E-state index >= 15 is 0 Å². The van der Waals surface area contributed by atoms with Gasteiger partial charge >= 0.3 is 0 Å². The highest BCUT2D eigenvalue weighted by molar-refractivity contribution is 7.98. The van der Waals surface area contributed by atoms with Crippen molar-refractivity contribution >= 4 is 11.8 Å². The Morgan fingerprint density at radius 3 is 2.80 bits per heavy atom. The predicted molar refractivity (Wildman–Crippen MR) is 67.2 cm³/mol.